The van der Waals surface area contributed by atoms with Gasteiger partial charge in [-0.05, 0) is 29.8 Å². The molecule has 0 aliphatic carbocycles. The van der Waals surface area contributed by atoms with Crippen LogP contribution in [0.25, 0.3) is 0 Å². The van der Waals surface area contributed by atoms with Crippen LogP contribution in [0.5, 0.6) is 11.5 Å². The first-order valence-corrected chi connectivity index (χ1v) is 9.95. The number of halogens is 1. The number of carbonyl (C=O) groups excluding carboxylic acids is 2. The van der Waals surface area contributed by atoms with Crippen LogP contribution in [0.15, 0.2) is 42.5 Å². The van der Waals surface area contributed by atoms with Crippen molar-refractivity contribution >= 4 is 23.5 Å². The van der Waals surface area contributed by atoms with Gasteiger partial charge in [-0.15, -0.1) is 0 Å². The molecule has 160 valence electrons. The first kappa shape index (κ1) is 21.9. The van der Waals surface area contributed by atoms with Gasteiger partial charge in [-0.3, -0.25) is 9.69 Å². The van der Waals surface area contributed by atoms with Gasteiger partial charge in [-0.2, -0.15) is 0 Å². The van der Waals surface area contributed by atoms with E-state index >= 15 is 0 Å². The number of esters is 1. The number of ether oxygens (including phenoxy) is 3. The third kappa shape index (κ3) is 4.52. The van der Waals surface area contributed by atoms with Crippen LogP contribution in [0.3, 0.4) is 0 Å². The number of hydrogen-bond donors (Lipinski definition) is 0. The monoisotopic (exact) mass is 432 g/mol. The van der Waals surface area contributed by atoms with Gasteiger partial charge in [-0.1, -0.05) is 29.8 Å². The molecule has 2 aromatic rings. The second kappa shape index (κ2) is 9.82. The smallest absolute Gasteiger partial charge is 0.327 e. The molecule has 1 atom stereocenters. The lowest BCUT2D eigenvalue weighted by Crippen LogP contribution is -2.51. The Balaban J connectivity index is 1.73. The molecule has 0 saturated carbocycles. The number of carbonyl (C=O) groups is 2. The maximum atomic E-state index is 13.0. The van der Waals surface area contributed by atoms with Crippen molar-refractivity contribution in [1.29, 1.82) is 0 Å². The van der Waals surface area contributed by atoms with Crippen LogP contribution in [0.1, 0.15) is 22.0 Å². The van der Waals surface area contributed by atoms with E-state index < -0.39 is 6.04 Å². The minimum Gasteiger partial charge on any atom is -0.493 e. The molecule has 0 spiro atoms. The molecule has 1 fully saturated rings. The number of nitrogens with zero attached hydrogens (tertiary/aromatic N) is 2. The fourth-order valence-electron chi connectivity index (χ4n) is 3.62. The van der Waals surface area contributed by atoms with Crippen LogP contribution in [0.4, 0.5) is 0 Å². The Kier molecular flexibility index (Phi) is 7.18. The van der Waals surface area contributed by atoms with Crippen molar-refractivity contribution in [3.8, 4) is 11.5 Å². The largest absolute Gasteiger partial charge is 0.493 e. The van der Waals surface area contributed by atoms with Crippen LogP contribution in [-0.2, 0) is 9.53 Å². The van der Waals surface area contributed by atoms with Gasteiger partial charge in [-0.25, -0.2) is 4.79 Å². The fourth-order valence-corrected chi connectivity index (χ4v) is 3.86. The summed E-state index contributed by atoms with van der Waals surface area (Å²) < 4.78 is 15.5. The highest BCUT2D eigenvalue weighted by molar-refractivity contribution is 6.31. The average Bonchev–Trinajstić information content (AvgIpc) is 2.79. The van der Waals surface area contributed by atoms with E-state index in [0.29, 0.717) is 53.8 Å². The molecule has 1 saturated heterocycles. The van der Waals surface area contributed by atoms with E-state index in [-0.39, 0.29) is 11.9 Å². The molecule has 8 heteroatoms. The molecule has 0 unspecified atom stereocenters. The van der Waals surface area contributed by atoms with Crippen LogP contribution in [-0.4, -0.2) is 69.2 Å². The van der Waals surface area contributed by atoms with Crippen molar-refractivity contribution in [3.63, 3.8) is 0 Å². The van der Waals surface area contributed by atoms with Gasteiger partial charge in [0.05, 0.1) is 21.3 Å². The third-order valence-electron chi connectivity index (χ3n) is 5.22. The number of amides is 1. The van der Waals surface area contributed by atoms with Crippen molar-refractivity contribution in [3.05, 3.63) is 58.6 Å². The second-order valence-corrected chi connectivity index (χ2v) is 7.25. The molecule has 1 aliphatic heterocycles. The summed E-state index contributed by atoms with van der Waals surface area (Å²) in [7, 11) is 4.45. The lowest BCUT2D eigenvalue weighted by molar-refractivity contribution is -0.148. The first-order chi connectivity index (χ1) is 14.5. The van der Waals surface area contributed by atoms with E-state index in [1.54, 1.807) is 36.3 Å². The number of methoxy groups -OCH3 is 3. The Morgan fingerprint density at radius 3 is 2.20 bits per heavy atom. The van der Waals surface area contributed by atoms with Crippen molar-refractivity contribution in [2.45, 2.75) is 6.04 Å². The number of rotatable bonds is 6. The summed E-state index contributed by atoms with van der Waals surface area (Å²) in [6.45, 7) is 1.99. The van der Waals surface area contributed by atoms with E-state index in [9.17, 15) is 9.59 Å². The molecule has 1 heterocycles. The zero-order chi connectivity index (χ0) is 21.7. The highest BCUT2D eigenvalue weighted by Crippen LogP contribution is 2.31. The van der Waals surface area contributed by atoms with Crippen LogP contribution < -0.4 is 9.47 Å². The molecular formula is C22H25ClN2O5. The molecule has 0 radical (unpaired) electrons. The molecule has 0 aromatic heterocycles. The quantitative estimate of drug-likeness (QED) is 0.653. The maximum Gasteiger partial charge on any atom is 0.327 e. The molecule has 1 amide bonds. The lowest BCUT2D eigenvalue weighted by Gasteiger charge is -2.38. The van der Waals surface area contributed by atoms with Crippen molar-refractivity contribution in [1.82, 2.24) is 9.80 Å². The highest BCUT2D eigenvalue weighted by atomic mass is 35.5. The maximum absolute atomic E-state index is 13.0. The van der Waals surface area contributed by atoms with Crippen LogP contribution in [0, 0.1) is 0 Å². The van der Waals surface area contributed by atoms with Gasteiger partial charge >= 0.3 is 5.97 Å². The van der Waals surface area contributed by atoms with E-state index in [1.165, 1.54) is 14.2 Å². The van der Waals surface area contributed by atoms with E-state index in [1.807, 2.05) is 23.1 Å². The van der Waals surface area contributed by atoms with E-state index in [4.69, 9.17) is 25.8 Å². The number of piperazine rings is 1. The van der Waals surface area contributed by atoms with Gasteiger partial charge in [0, 0.05) is 36.8 Å². The normalized spacial score (nSPS) is 15.4. The van der Waals surface area contributed by atoms with Crippen molar-refractivity contribution < 1.29 is 23.8 Å². The Morgan fingerprint density at radius 2 is 1.60 bits per heavy atom. The summed E-state index contributed by atoms with van der Waals surface area (Å²) >= 11 is 6.33. The number of hydrogen-bond acceptors (Lipinski definition) is 6. The van der Waals surface area contributed by atoms with Gasteiger partial charge in [0.25, 0.3) is 5.91 Å². The Labute approximate surface area is 181 Å². The summed E-state index contributed by atoms with van der Waals surface area (Å²) in [5, 5.41) is 0.511. The second-order valence-electron chi connectivity index (χ2n) is 6.85. The average molecular weight is 433 g/mol. The molecule has 7 nitrogen and oxygen atoms in total. The first-order valence-electron chi connectivity index (χ1n) is 9.57. The van der Waals surface area contributed by atoms with Crippen LogP contribution >= 0.6 is 11.6 Å². The summed E-state index contributed by atoms with van der Waals surface area (Å²) in [5.41, 5.74) is 1.22. The Bertz CT molecular complexity index is 912. The molecule has 1 aliphatic rings. The SMILES string of the molecule is COC(=O)[C@H](c1ccccc1Cl)N1CCN(C(=O)c2ccc(OC)c(OC)c2)CC1. The predicted molar refractivity (Wildman–Crippen MR) is 113 cm³/mol. The van der Waals surface area contributed by atoms with Crippen LogP contribution in [0.2, 0.25) is 5.02 Å². The van der Waals surface area contributed by atoms with Gasteiger partial charge in [0.15, 0.2) is 11.5 Å². The summed E-state index contributed by atoms with van der Waals surface area (Å²) in [6, 6.07) is 11.7. The topological polar surface area (TPSA) is 68.3 Å². The van der Waals surface area contributed by atoms with E-state index in [2.05, 4.69) is 0 Å². The molecule has 0 N–H and O–H groups in total. The van der Waals surface area contributed by atoms with Gasteiger partial charge in [0.2, 0.25) is 0 Å². The zero-order valence-corrected chi connectivity index (χ0v) is 18.0. The van der Waals surface area contributed by atoms with E-state index in [0.717, 1.165) is 0 Å². The highest BCUT2D eigenvalue weighted by Gasteiger charge is 2.33. The van der Waals surface area contributed by atoms with Gasteiger partial charge < -0.3 is 19.1 Å². The fraction of sp³-hybridized carbons (Fsp3) is 0.364. The Hall–Kier alpha value is -2.77. The molecule has 0 bridgehead atoms. The van der Waals surface area contributed by atoms with Crippen molar-refractivity contribution in [2.75, 3.05) is 47.5 Å². The lowest BCUT2D eigenvalue weighted by atomic mass is 10.0. The zero-order valence-electron chi connectivity index (χ0n) is 17.3. The number of benzene rings is 2. The van der Waals surface area contributed by atoms with Crippen molar-refractivity contribution in [2.24, 2.45) is 0 Å². The Morgan fingerprint density at radius 1 is 0.933 bits per heavy atom. The van der Waals surface area contributed by atoms with Gasteiger partial charge in [0.1, 0.15) is 6.04 Å². The standard InChI is InChI=1S/C22H25ClN2O5/c1-28-18-9-8-15(14-19(18)29-2)21(26)25-12-10-24(11-13-25)20(22(27)30-3)16-6-4-5-7-17(16)23/h4-9,14,20H,10-13H2,1-3H3/t20-/m0/s1. The third-order valence-corrected chi connectivity index (χ3v) is 5.57. The molecule has 30 heavy (non-hydrogen) atoms. The molecule has 3 rings (SSSR count). The summed E-state index contributed by atoms with van der Waals surface area (Å²) in [6.07, 6.45) is 0. The predicted octanol–water partition coefficient (Wildman–Crippen LogP) is 3.03. The minimum atomic E-state index is -0.609. The summed E-state index contributed by atoms with van der Waals surface area (Å²) in [5.74, 6) is 0.608. The summed E-state index contributed by atoms with van der Waals surface area (Å²) in [4.78, 5) is 29.2. The molecule has 2 aromatic carbocycles. The minimum absolute atomic E-state index is 0.0945. The molecular weight excluding hydrogens is 408 g/mol.